The lowest BCUT2D eigenvalue weighted by Crippen LogP contribution is -2.45. The average Bonchev–Trinajstić information content (AvgIpc) is 2.47. The topological polar surface area (TPSA) is 37.3 Å². The summed E-state index contributed by atoms with van der Waals surface area (Å²) in [7, 11) is 0. The lowest BCUT2D eigenvalue weighted by molar-refractivity contribution is -0.159. The maximum absolute atomic E-state index is 12.0. The van der Waals surface area contributed by atoms with E-state index in [4.69, 9.17) is 0 Å². The lowest BCUT2D eigenvalue weighted by atomic mass is 9.56. The summed E-state index contributed by atoms with van der Waals surface area (Å²) in [5, 5.41) is 9.91. The normalized spacial score (nSPS) is 40.0. The van der Waals surface area contributed by atoms with Gasteiger partial charge in [0.25, 0.3) is 0 Å². The molecule has 0 heterocycles. The Morgan fingerprint density at radius 1 is 1.05 bits per heavy atom. The van der Waals surface area contributed by atoms with E-state index in [0.717, 1.165) is 44.4 Å². The monoisotopic (exact) mass is 266 g/mol. The molecule has 0 aromatic carbocycles. The zero-order valence-electron chi connectivity index (χ0n) is 12.7. The van der Waals surface area contributed by atoms with E-state index in [2.05, 4.69) is 13.8 Å². The summed E-state index contributed by atoms with van der Waals surface area (Å²) >= 11 is 0. The molecule has 2 saturated carbocycles. The van der Waals surface area contributed by atoms with Crippen molar-refractivity contribution >= 4 is 5.97 Å². The van der Waals surface area contributed by atoms with Crippen molar-refractivity contribution in [2.24, 2.45) is 23.2 Å². The van der Waals surface area contributed by atoms with Gasteiger partial charge in [0.15, 0.2) is 0 Å². The fourth-order valence-corrected chi connectivity index (χ4v) is 4.77. The molecule has 0 amide bonds. The summed E-state index contributed by atoms with van der Waals surface area (Å²) in [6.45, 7) is 4.49. The van der Waals surface area contributed by atoms with Crippen LogP contribution in [0.3, 0.4) is 0 Å². The van der Waals surface area contributed by atoms with E-state index in [-0.39, 0.29) is 5.41 Å². The van der Waals surface area contributed by atoms with Gasteiger partial charge in [-0.25, -0.2) is 0 Å². The van der Waals surface area contributed by atoms with Crippen LogP contribution in [0.5, 0.6) is 0 Å². The number of hydrogen-bond acceptors (Lipinski definition) is 1. The third kappa shape index (κ3) is 2.83. The van der Waals surface area contributed by atoms with Crippen molar-refractivity contribution in [3.8, 4) is 0 Å². The Morgan fingerprint density at radius 2 is 1.68 bits per heavy atom. The van der Waals surface area contributed by atoms with Gasteiger partial charge >= 0.3 is 5.97 Å². The molecular weight excluding hydrogens is 236 g/mol. The first-order chi connectivity index (χ1) is 9.14. The highest BCUT2D eigenvalue weighted by molar-refractivity contribution is 5.75. The molecule has 2 unspecified atom stereocenters. The van der Waals surface area contributed by atoms with E-state index in [9.17, 15) is 9.90 Å². The molecule has 2 atom stereocenters. The number of carboxylic acids is 1. The van der Waals surface area contributed by atoms with E-state index < -0.39 is 5.97 Å². The maximum atomic E-state index is 12.0. The smallest absolute Gasteiger partial charge is 0.309 e. The van der Waals surface area contributed by atoms with Gasteiger partial charge in [0.2, 0.25) is 0 Å². The molecule has 0 bridgehead atoms. The van der Waals surface area contributed by atoms with Crippen LogP contribution in [-0.4, -0.2) is 11.1 Å². The predicted octanol–water partition coefficient (Wildman–Crippen LogP) is 4.87. The first-order valence-corrected chi connectivity index (χ1v) is 8.37. The summed E-state index contributed by atoms with van der Waals surface area (Å²) in [5.74, 6) is 1.38. The van der Waals surface area contributed by atoms with E-state index in [1.165, 1.54) is 25.7 Å². The van der Waals surface area contributed by atoms with Crippen LogP contribution >= 0.6 is 0 Å². The minimum absolute atomic E-state index is 0.382. The number of hydrogen-bond donors (Lipinski definition) is 1. The summed E-state index contributed by atoms with van der Waals surface area (Å²) < 4.78 is 0. The number of carbonyl (C=O) groups is 1. The molecule has 110 valence electrons. The van der Waals surface area contributed by atoms with Gasteiger partial charge in [0.05, 0.1) is 5.41 Å². The Kier molecular flexibility index (Phi) is 4.92. The molecule has 0 aromatic heterocycles. The van der Waals surface area contributed by atoms with Crippen LogP contribution in [-0.2, 0) is 4.79 Å². The molecule has 2 aliphatic rings. The second kappa shape index (κ2) is 6.28. The van der Waals surface area contributed by atoms with Crippen LogP contribution in [0, 0.1) is 23.2 Å². The molecule has 0 saturated heterocycles. The summed E-state index contributed by atoms with van der Waals surface area (Å²) in [5.41, 5.74) is -0.382. The van der Waals surface area contributed by atoms with Crippen molar-refractivity contribution in [1.82, 2.24) is 0 Å². The van der Waals surface area contributed by atoms with Crippen LogP contribution in [0.2, 0.25) is 0 Å². The first-order valence-electron chi connectivity index (χ1n) is 8.37. The van der Waals surface area contributed by atoms with Gasteiger partial charge in [-0.1, -0.05) is 46.0 Å². The Balaban J connectivity index is 2.17. The number of aliphatic carboxylic acids is 1. The van der Waals surface area contributed by atoms with Gasteiger partial charge in [-0.05, 0) is 49.9 Å². The van der Waals surface area contributed by atoms with Crippen LogP contribution in [0.25, 0.3) is 0 Å². The van der Waals surface area contributed by atoms with Crippen LogP contribution in [0.4, 0.5) is 0 Å². The molecule has 0 radical (unpaired) electrons. The van der Waals surface area contributed by atoms with Crippen LogP contribution < -0.4 is 0 Å². The summed E-state index contributed by atoms with van der Waals surface area (Å²) in [6.07, 6.45) is 11.5. The van der Waals surface area contributed by atoms with Gasteiger partial charge in [0.1, 0.15) is 0 Å². The summed E-state index contributed by atoms with van der Waals surface area (Å²) in [6, 6.07) is 0. The molecular formula is C17H30O2. The van der Waals surface area contributed by atoms with Crippen molar-refractivity contribution in [3.05, 3.63) is 0 Å². The fraction of sp³-hybridized carbons (Fsp3) is 0.941. The first kappa shape index (κ1) is 14.9. The SMILES string of the molecule is CCC1CCC(C(=O)O)(C2CCCCC2CC)CC1. The molecule has 0 aliphatic heterocycles. The van der Waals surface area contributed by atoms with E-state index in [0.29, 0.717) is 11.8 Å². The third-order valence-electron chi connectivity index (χ3n) is 6.14. The van der Waals surface area contributed by atoms with Gasteiger partial charge in [-0.2, -0.15) is 0 Å². The van der Waals surface area contributed by atoms with Crippen molar-refractivity contribution in [3.63, 3.8) is 0 Å². The Hall–Kier alpha value is -0.530. The fourth-order valence-electron chi connectivity index (χ4n) is 4.77. The average molecular weight is 266 g/mol. The minimum atomic E-state index is -0.493. The number of carboxylic acid groups (broad SMARTS) is 1. The minimum Gasteiger partial charge on any atom is -0.481 e. The van der Waals surface area contributed by atoms with Crippen molar-refractivity contribution in [2.75, 3.05) is 0 Å². The second-order valence-corrected chi connectivity index (χ2v) is 6.87. The highest BCUT2D eigenvalue weighted by Gasteiger charge is 2.50. The van der Waals surface area contributed by atoms with Gasteiger partial charge in [0, 0.05) is 0 Å². The second-order valence-electron chi connectivity index (χ2n) is 6.87. The number of rotatable bonds is 4. The van der Waals surface area contributed by atoms with Gasteiger partial charge in [-0.3, -0.25) is 4.79 Å². The third-order valence-corrected chi connectivity index (χ3v) is 6.14. The molecule has 0 aromatic rings. The van der Waals surface area contributed by atoms with Gasteiger partial charge in [-0.15, -0.1) is 0 Å². The quantitative estimate of drug-likeness (QED) is 0.788. The molecule has 2 heteroatoms. The van der Waals surface area contributed by atoms with E-state index in [1.54, 1.807) is 0 Å². The zero-order chi connectivity index (χ0) is 13.9. The van der Waals surface area contributed by atoms with Gasteiger partial charge < -0.3 is 5.11 Å². The van der Waals surface area contributed by atoms with Crippen molar-refractivity contribution in [2.45, 2.75) is 78.1 Å². The lowest BCUT2D eigenvalue weighted by Gasteiger charge is -2.47. The molecule has 0 spiro atoms. The molecule has 2 aliphatic carbocycles. The Morgan fingerprint density at radius 3 is 2.21 bits per heavy atom. The highest BCUT2D eigenvalue weighted by Crippen LogP contribution is 2.52. The molecule has 2 rings (SSSR count). The van der Waals surface area contributed by atoms with E-state index in [1.807, 2.05) is 0 Å². The largest absolute Gasteiger partial charge is 0.481 e. The Bertz CT molecular complexity index is 302. The maximum Gasteiger partial charge on any atom is 0.309 e. The predicted molar refractivity (Wildman–Crippen MR) is 78.1 cm³/mol. The van der Waals surface area contributed by atoms with Crippen molar-refractivity contribution < 1.29 is 9.90 Å². The Labute approximate surface area is 118 Å². The molecule has 1 N–H and O–H groups in total. The van der Waals surface area contributed by atoms with Crippen LogP contribution in [0.1, 0.15) is 78.1 Å². The summed E-state index contributed by atoms with van der Waals surface area (Å²) in [4.78, 5) is 12.0. The van der Waals surface area contributed by atoms with Crippen molar-refractivity contribution in [1.29, 1.82) is 0 Å². The van der Waals surface area contributed by atoms with E-state index >= 15 is 0 Å². The molecule has 2 fully saturated rings. The standard InChI is InChI=1S/C17H30O2/c1-3-13-9-11-17(12-10-13,16(18)19)15-8-6-5-7-14(15)4-2/h13-15H,3-12H2,1-2H3,(H,18,19). The highest BCUT2D eigenvalue weighted by atomic mass is 16.4. The molecule has 19 heavy (non-hydrogen) atoms. The molecule has 2 nitrogen and oxygen atoms in total. The van der Waals surface area contributed by atoms with Crippen LogP contribution in [0.15, 0.2) is 0 Å². The zero-order valence-corrected chi connectivity index (χ0v) is 12.7.